The Morgan fingerprint density at radius 2 is 2.10 bits per heavy atom. The van der Waals surface area contributed by atoms with Crippen LogP contribution in [0.25, 0.3) is 0 Å². The van der Waals surface area contributed by atoms with E-state index in [0.717, 1.165) is 0 Å². The molecule has 0 aliphatic heterocycles. The van der Waals surface area contributed by atoms with Gasteiger partial charge in [-0.15, -0.1) is 0 Å². The first kappa shape index (κ1) is 14.8. The highest BCUT2D eigenvalue weighted by molar-refractivity contribution is 6.32. The number of methoxy groups -OCH3 is 1. The monoisotopic (exact) mass is 315 g/mol. The minimum atomic E-state index is -0.415. The second-order valence-corrected chi connectivity index (χ2v) is 4.79. The zero-order chi connectivity index (χ0) is 14.7. The molecule has 20 heavy (non-hydrogen) atoms. The molecule has 0 aliphatic carbocycles. The first-order valence-corrected chi connectivity index (χ1v) is 6.55. The molecule has 1 heterocycles. The van der Waals surface area contributed by atoms with Crippen LogP contribution in [0.4, 0.5) is 10.1 Å². The molecule has 0 saturated carbocycles. The fraction of sp³-hybridized carbons (Fsp3) is 0.231. The van der Waals surface area contributed by atoms with E-state index in [0.29, 0.717) is 17.0 Å². The van der Waals surface area contributed by atoms with Gasteiger partial charge in [-0.1, -0.05) is 11.6 Å². The number of nitrogens with zero attached hydrogens (tertiary/aromatic N) is 2. The predicted molar refractivity (Wildman–Crippen MR) is 77.0 cm³/mol. The van der Waals surface area contributed by atoms with Crippen molar-refractivity contribution in [2.75, 3.05) is 12.4 Å². The molecule has 0 radical (unpaired) electrons. The molecule has 106 valence electrons. The minimum Gasteiger partial charge on any atom is -0.497 e. The van der Waals surface area contributed by atoms with Gasteiger partial charge in [0.25, 0.3) is 0 Å². The summed E-state index contributed by atoms with van der Waals surface area (Å²) in [6.07, 6.45) is 1.51. The number of ether oxygens (including phenoxy) is 1. The molecule has 0 fully saturated rings. The molecule has 1 unspecified atom stereocenters. The number of anilines is 1. The highest BCUT2D eigenvalue weighted by Crippen LogP contribution is 2.27. The van der Waals surface area contributed by atoms with Crippen LogP contribution in [0.3, 0.4) is 0 Å². The van der Waals surface area contributed by atoms with Crippen molar-refractivity contribution in [3.05, 3.63) is 46.2 Å². The molecule has 0 saturated heterocycles. The largest absolute Gasteiger partial charge is 0.497 e. The van der Waals surface area contributed by atoms with Crippen LogP contribution >= 0.6 is 23.2 Å². The van der Waals surface area contributed by atoms with Gasteiger partial charge in [0.15, 0.2) is 0 Å². The number of benzene rings is 1. The van der Waals surface area contributed by atoms with E-state index >= 15 is 0 Å². The van der Waals surface area contributed by atoms with E-state index in [1.165, 1.54) is 19.4 Å². The number of aromatic nitrogens is 2. The summed E-state index contributed by atoms with van der Waals surface area (Å²) in [6, 6.07) is 4.28. The van der Waals surface area contributed by atoms with Crippen molar-refractivity contribution in [3.8, 4) is 5.75 Å². The summed E-state index contributed by atoms with van der Waals surface area (Å²) in [5, 5.41) is 3.31. The van der Waals surface area contributed by atoms with Crippen LogP contribution in [-0.4, -0.2) is 17.1 Å². The Morgan fingerprint density at radius 3 is 2.70 bits per heavy atom. The molecule has 0 bridgehead atoms. The van der Waals surface area contributed by atoms with E-state index in [4.69, 9.17) is 27.9 Å². The van der Waals surface area contributed by atoms with Crippen molar-refractivity contribution >= 4 is 28.9 Å². The summed E-state index contributed by atoms with van der Waals surface area (Å²) >= 11 is 11.6. The lowest BCUT2D eigenvalue weighted by molar-refractivity contribution is 0.411. The van der Waals surface area contributed by atoms with Gasteiger partial charge in [-0.25, -0.2) is 14.4 Å². The number of nitrogens with one attached hydrogen (secondary N) is 1. The SMILES string of the molecule is COc1ccc(NC(C)c2cnc(Cl)nc2Cl)c(F)c1. The van der Waals surface area contributed by atoms with E-state index in [9.17, 15) is 4.39 Å². The minimum absolute atomic E-state index is 0.0709. The van der Waals surface area contributed by atoms with Gasteiger partial charge in [-0.05, 0) is 30.7 Å². The van der Waals surface area contributed by atoms with Gasteiger partial charge in [0.2, 0.25) is 5.28 Å². The number of hydrogen-bond acceptors (Lipinski definition) is 4. The van der Waals surface area contributed by atoms with Crippen molar-refractivity contribution in [3.63, 3.8) is 0 Å². The van der Waals surface area contributed by atoms with Crippen molar-refractivity contribution in [1.29, 1.82) is 0 Å². The first-order chi connectivity index (χ1) is 9.51. The zero-order valence-corrected chi connectivity index (χ0v) is 12.3. The normalized spacial score (nSPS) is 12.1. The third-order valence-corrected chi connectivity index (χ3v) is 3.24. The second-order valence-electron chi connectivity index (χ2n) is 4.10. The first-order valence-electron chi connectivity index (χ1n) is 5.79. The van der Waals surface area contributed by atoms with E-state index in [-0.39, 0.29) is 16.5 Å². The van der Waals surface area contributed by atoms with Crippen LogP contribution < -0.4 is 10.1 Å². The summed E-state index contributed by atoms with van der Waals surface area (Å²) in [7, 11) is 1.48. The van der Waals surface area contributed by atoms with Gasteiger partial charge < -0.3 is 10.1 Å². The van der Waals surface area contributed by atoms with Crippen LogP contribution in [0, 0.1) is 5.82 Å². The van der Waals surface area contributed by atoms with Crippen LogP contribution in [0.5, 0.6) is 5.75 Å². The predicted octanol–water partition coefficient (Wildman–Crippen LogP) is 4.10. The third-order valence-electron chi connectivity index (χ3n) is 2.75. The van der Waals surface area contributed by atoms with Crippen LogP contribution in [-0.2, 0) is 0 Å². The molecular formula is C13H12Cl2FN3O. The molecule has 1 atom stereocenters. The number of rotatable bonds is 4. The molecule has 2 aromatic rings. The Bertz CT molecular complexity index is 625. The topological polar surface area (TPSA) is 47.0 Å². The van der Waals surface area contributed by atoms with E-state index in [1.54, 1.807) is 12.1 Å². The molecule has 0 aliphatic rings. The van der Waals surface area contributed by atoms with Crippen LogP contribution in [0.2, 0.25) is 10.4 Å². The maximum absolute atomic E-state index is 13.9. The van der Waals surface area contributed by atoms with Crippen molar-refractivity contribution in [2.45, 2.75) is 13.0 Å². The highest BCUT2D eigenvalue weighted by atomic mass is 35.5. The van der Waals surface area contributed by atoms with Gasteiger partial charge in [-0.3, -0.25) is 0 Å². The van der Waals surface area contributed by atoms with Gasteiger partial charge in [0.1, 0.15) is 16.7 Å². The lowest BCUT2D eigenvalue weighted by Crippen LogP contribution is -2.09. The summed E-state index contributed by atoms with van der Waals surface area (Å²) in [5.74, 6) is 0.0377. The quantitative estimate of drug-likeness (QED) is 0.681. The van der Waals surface area contributed by atoms with Gasteiger partial charge in [0.05, 0.1) is 18.8 Å². The van der Waals surface area contributed by atoms with E-state index in [1.807, 2.05) is 6.92 Å². The smallest absolute Gasteiger partial charge is 0.223 e. The summed E-state index contributed by atoms with van der Waals surface area (Å²) < 4.78 is 18.8. The zero-order valence-electron chi connectivity index (χ0n) is 10.8. The summed E-state index contributed by atoms with van der Waals surface area (Å²) in [6.45, 7) is 1.82. The lowest BCUT2D eigenvalue weighted by Gasteiger charge is -2.17. The molecule has 0 spiro atoms. The summed E-state index contributed by atoms with van der Waals surface area (Å²) in [4.78, 5) is 7.72. The van der Waals surface area contributed by atoms with Crippen LogP contribution in [0.15, 0.2) is 24.4 Å². The van der Waals surface area contributed by atoms with Gasteiger partial charge >= 0.3 is 0 Å². The Balaban J connectivity index is 2.21. The van der Waals surface area contributed by atoms with E-state index in [2.05, 4.69) is 15.3 Å². The lowest BCUT2D eigenvalue weighted by atomic mass is 10.1. The third kappa shape index (κ3) is 3.29. The van der Waals surface area contributed by atoms with E-state index < -0.39 is 5.82 Å². The summed E-state index contributed by atoms with van der Waals surface area (Å²) in [5.41, 5.74) is 0.968. The fourth-order valence-electron chi connectivity index (χ4n) is 1.69. The molecule has 1 aromatic carbocycles. The Kier molecular flexibility index (Phi) is 4.62. The number of halogens is 3. The maximum Gasteiger partial charge on any atom is 0.223 e. The van der Waals surface area contributed by atoms with Gasteiger partial charge in [-0.2, -0.15) is 0 Å². The average Bonchev–Trinajstić information content (AvgIpc) is 2.40. The van der Waals surface area contributed by atoms with Gasteiger partial charge in [0, 0.05) is 17.8 Å². The molecule has 1 aromatic heterocycles. The van der Waals surface area contributed by atoms with Crippen molar-refractivity contribution in [1.82, 2.24) is 9.97 Å². The molecule has 7 heteroatoms. The average molecular weight is 316 g/mol. The standard InChI is InChI=1S/C13H12Cl2FN3O/c1-7(9-6-17-13(15)19-12(9)14)18-11-4-3-8(20-2)5-10(11)16/h3-7,18H,1-2H3. The second kappa shape index (κ2) is 6.24. The highest BCUT2D eigenvalue weighted by Gasteiger charge is 2.14. The molecule has 4 nitrogen and oxygen atoms in total. The maximum atomic E-state index is 13.9. The van der Waals surface area contributed by atoms with Crippen molar-refractivity contribution in [2.24, 2.45) is 0 Å². The fourth-order valence-corrected chi connectivity index (χ4v) is 2.16. The Hall–Kier alpha value is -1.59. The molecule has 1 N–H and O–H groups in total. The Labute approximate surface area is 125 Å². The number of hydrogen-bond donors (Lipinski definition) is 1. The van der Waals surface area contributed by atoms with Crippen LogP contribution in [0.1, 0.15) is 18.5 Å². The molecular weight excluding hydrogens is 304 g/mol. The molecule has 0 amide bonds. The van der Waals surface area contributed by atoms with Crippen molar-refractivity contribution < 1.29 is 9.13 Å². The molecule has 2 rings (SSSR count). The Morgan fingerprint density at radius 1 is 1.35 bits per heavy atom.